The first-order valence-corrected chi connectivity index (χ1v) is 6.25. The zero-order valence-corrected chi connectivity index (χ0v) is 11.2. The van der Waals surface area contributed by atoms with Gasteiger partial charge in [0.05, 0.1) is 13.2 Å². The van der Waals surface area contributed by atoms with Gasteiger partial charge < -0.3 is 35.5 Å². The molecule has 0 bridgehead atoms. The Morgan fingerprint density at radius 1 is 1.10 bits per heavy atom. The Morgan fingerprint density at radius 3 is 1.75 bits per heavy atom. The number of carbonyl (C=O) groups excluding carboxylic acids is 1. The van der Waals surface area contributed by atoms with Crippen molar-refractivity contribution in [3.05, 3.63) is 12.8 Å². The Hall–Kier alpha value is -1.03. The average Bonchev–Trinajstić information content (AvgIpc) is 2.89. The lowest BCUT2D eigenvalue weighted by molar-refractivity contribution is -0.125. The van der Waals surface area contributed by atoms with Gasteiger partial charge in [-0.15, -0.1) is 0 Å². The van der Waals surface area contributed by atoms with Gasteiger partial charge in [-0.05, 0) is 12.6 Å². The molecule has 1 rings (SSSR count). The summed E-state index contributed by atoms with van der Waals surface area (Å²) in [6, 6.07) is 0. The zero-order valence-electron chi connectivity index (χ0n) is 11.2. The monoisotopic (exact) mass is 293 g/mol. The normalized spacial score (nSPS) is 20.7. The van der Waals surface area contributed by atoms with Gasteiger partial charge in [-0.3, -0.25) is 4.79 Å². The SMILES string of the molecule is C=CN1CCCC1=O.OCC(O)C(O)C(O)C(O)CO. The number of carbonyl (C=O) groups is 1. The number of rotatable bonds is 6. The van der Waals surface area contributed by atoms with Gasteiger partial charge in [-0.1, -0.05) is 6.58 Å². The molecule has 1 amide bonds. The zero-order chi connectivity index (χ0) is 15.7. The van der Waals surface area contributed by atoms with E-state index in [0.29, 0.717) is 6.42 Å². The van der Waals surface area contributed by atoms with E-state index in [4.69, 9.17) is 30.6 Å². The molecule has 1 fully saturated rings. The second kappa shape index (κ2) is 9.81. The predicted octanol–water partition coefficient (Wildman–Crippen LogP) is -2.83. The smallest absolute Gasteiger partial charge is 0.226 e. The summed E-state index contributed by atoms with van der Waals surface area (Å²) in [5.41, 5.74) is 0. The summed E-state index contributed by atoms with van der Waals surface area (Å²) in [5.74, 6) is 0.208. The second-order valence-electron chi connectivity index (χ2n) is 4.35. The molecule has 0 aromatic rings. The van der Waals surface area contributed by atoms with Gasteiger partial charge in [-0.25, -0.2) is 0 Å². The first-order valence-electron chi connectivity index (χ1n) is 6.25. The maximum absolute atomic E-state index is 10.7. The van der Waals surface area contributed by atoms with Crippen LogP contribution >= 0.6 is 0 Å². The largest absolute Gasteiger partial charge is 0.394 e. The third-order valence-corrected chi connectivity index (χ3v) is 2.84. The van der Waals surface area contributed by atoms with Crippen molar-refractivity contribution in [2.24, 2.45) is 0 Å². The molecule has 0 aliphatic carbocycles. The fourth-order valence-corrected chi connectivity index (χ4v) is 1.53. The molecule has 1 aliphatic heterocycles. The first kappa shape index (κ1) is 19.0. The highest BCUT2D eigenvalue weighted by Crippen LogP contribution is 2.08. The second-order valence-corrected chi connectivity index (χ2v) is 4.35. The summed E-state index contributed by atoms with van der Waals surface area (Å²) < 4.78 is 0. The molecule has 0 aromatic heterocycles. The minimum absolute atomic E-state index is 0.208. The quantitative estimate of drug-likeness (QED) is 0.310. The van der Waals surface area contributed by atoms with E-state index in [2.05, 4.69) is 6.58 Å². The third kappa shape index (κ3) is 5.95. The maximum Gasteiger partial charge on any atom is 0.226 e. The van der Waals surface area contributed by atoms with E-state index in [1.807, 2.05) is 0 Å². The van der Waals surface area contributed by atoms with Crippen LogP contribution in [-0.4, -0.2) is 85.6 Å². The van der Waals surface area contributed by atoms with Gasteiger partial charge in [0.1, 0.15) is 24.4 Å². The topological polar surface area (TPSA) is 142 Å². The molecule has 1 heterocycles. The first-order chi connectivity index (χ1) is 9.38. The van der Waals surface area contributed by atoms with Gasteiger partial charge >= 0.3 is 0 Å². The molecule has 8 heteroatoms. The molecule has 0 aromatic carbocycles. The molecule has 0 spiro atoms. The Bertz CT molecular complexity index is 286. The van der Waals surface area contributed by atoms with Crippen molar-refractivity contribution in [1.82, 2.24) is 4.90 Å². The number of aliphatic hydroxyl groups excluding tert-OH is 6. The van der Waals surface area contributed by atoms with Gasteiger partial charge in [0, 0.05) is 13.0 Å². The third-order valence-electron chi connectivity index (χ3n) is 2.84. The summed E-state index contributed by atoms with van der Waals surface area (Å²) in [6.45, 7) is 2.91. The lowest BCUT2D eigenvalue weighted by atomic mass is 10.0. The van der Waals surface area contributed by atoms with Crippen molar-refractivity contribution in [2.75, 3.05) is 19.8 Å². The van der Waals surface area contributed by atoms with E-state index < -0.39 is 37.6 Å². The predicted molar refractivity (Wildman–Crippen MR) is 69.3 cm³/mol. The summed E-state index contributed by atoms with van der Waals surface area (Å²) in [6.07, 6.45) is -3.11. The van der Waals surface area contributed by atoms with Crippen LogP contribution in [0, 0.1) is 0 Å². The van der Waals surface area contributed by atoms with E-state index in [9.17, 15) is 4.79 Å². The Morgan fingerprint density at radius 2 is 1.55 bits per heavy atom. The van der Waals surface area contributed by atoms with Gasteiger partial charge in [0.2, 0.25) is 5.91 Å². The van der Waals surface area contributed by atoms with Crippen molar-refractivity contribution >= 4 is 5.91 Å². The van der Waals surface area contributed by atoms with Crippen molar-refractivity contribution in [1.29, 1.82) is 0 Å². The number of aliphatic hydroxyl groups is 6. The van der Waals surface area contributed by atoms with Crippen molar-refractivity contribution in [3.63, 3.8) is 0 Å². The van der Waals surface area contributed by atoms with Gasteiger partial charge in [0.15, 0.2) is 0 Å². The van der Waals surface area contributed by atoms with Crippen LogP contribution in [-0.2, 0) is 4.79 Å². The molecule has 118 valence electrons. The minimum Gasteiger partial charge on any atom is -0.394 e. The van der Waals surface area contributed by atoms with E-state index in [-0.39, 0.29) is 5.91 Å². The summed E-state index contributed by atoms with van der Waals surface area (Å²) >= 11 is 0. The van der Waals surface area contributed by atoms with E-state index in [0.717, 1.165) is 13.0 Å². The van der Waals surface area contributed by atoms with E-state index in [1.165, 1.54) is 0 Å². The molecule has 20 heavy (non-hydrogen) atoms. The lowest BCUT2D eigenvalue weighted by Gasteiger charge is -2.24. The molecule has 4 atom stereocenters. The Kier molecular flexibility index (Phi) is 9.30. The maximum atomic E-state index is 10.7. The van der Waals surface area contributed by atoms with Crippen molar-refractivity contribution < 1.29 is 35.4 Å². The number of amides is 1. The van der Waals surface area contributed by atoms with Crippen LogP contribution in [0.15, 0.2) is 12.8 Å². The summed E-state index contributed by atoms with van der Waals surface area (Å²) in [7, 11) is 0. The lowest BCUT2D eigenvalue weighted by Crippen LogP contribution is -2.46. The highest BCUT2D eigenvalue weighted by atomic mass is 16.4. The molecule has 0 saturated carbocycles. The van der Waals surface area contributed by atoms with Crippen molar-refractivity contribution in [3.8, 4) is 0 Å². The molecule has 8 nitrogen and oxygen atoms in total. The van der Waals surface area contributed by atoms with E-state index >= 15 is 0 Å². The Balaban J connectivity index is 0.000000388. The van der Waals surface area contributed by atoms with Crippen LogP contribution < -0.4 is 0 Å². The van der Waals surface area contributed by atoms with Crippen LogP contribution in [0.1, 0.15) is 12.8 Å². The van der Waals surface area contributed by atoms with Crippen LogP contribution in [0.4, 0.5) is 0 Å². The van der Waals surface area contributed by atoms with Crippen LogP contribution in [0.5, 0.6) is 0 Å². The number of nitrogens with zero attached hydrogens (tertiary/aromatic N) is 1. The van der Waals surface area contributed by atoms with Gasteiger partial charge in [-0.2, -0.15) is 0 Å². The standard InChI is InChI=1S/C6H9NO.C6H14O6/c1-2-7-5-3-4-6(7)8;7-1-3(9)5(11)6(12)4(10)2-8/h2H,1,3-5H2;3-12H,1-2H2. The molecule has 1 saturated heterocycles. The highest BCUT2D eigenvalue weighted by Gasteiger charge is 2.29. The highest BCUT2D eigenvalue weighted by molar-refractivity contribution is 5.78. The van der Waals surface area contributed by atoms with E-state index in [1.54, 1.807) is 11.1 Å². The summed E-state index contributed by atoms with van der Waals surface area (Å²) in [5, 5.41) is 52.2. The van der Waals surface area contributed by atoms with Crippen molar-refractivity contribution in [2.45, 2.75) is 37.3 Å². The molecule has 6 N–H and O–H groups in total. The molecule has 0 radical (unpaired) electrons. The fourth-order valence-electron chi connectivity index (χ4n) is 1.53. The Labute approximate surface area is 117 Å². The number of likely N-dealkylation sites (tertiary alicyclic amines) is 1. The van der Waals surface area contributed by atoms with Crippen LogP contribution in [0.25, 0.3) is 0 Å². The van der Waals surface area contributed by atoms with Gasteiger partial charge in [0.25, 0.3) is 0 Å². The minimum atomic E-state index is -1.67. The molecule has 4 unspecified atom stereocenters. The number of hydrogen-bond acceptors (Lipinski definition) is 7. The van der Waals surface area contributed by atoms with Crippen LogP contribution in [0.3, 0.4) is 0 Å². The molecule has 1 aliphatic rings. The fraction of sp³-hybridized carbons (Fsp3) is 0.750. The average molecular weight is 293 g/mol. The molecular formula is C12H23NO7. The molecular weight excluding hydrogens is 270 g/mol. The van der Waals surface area contributed by atoms with Crippen LogP contribution in [0.2, 0.25) is 0 Å². The summed E-state index contributed by atoms with van der Waals surface area (Å²) in [4.78, 5) is 12.3. The number of hydrogen-bond donors (Lipinski definition) is 6.